The van der Waals surface area contributed by atoms with E-state index in [2.05, 4.69) is 179 Å². The average Bonchev–Trinajstić information content (AvgIpc) is 3.12. The zero-order valence-electron chi connectivity index (χ0n) is 29.7. The minimum absolute atomic E-state index is 0.113. The molecule has 246 valence electrons. The maximum absolute atomic E-state index is 5.27. The number of anilines is 1. The Labute approximate surface area is 292 Å². The number of allylic oxidation sites excluding steroid dienone is 1. The fraction of sp³-hybridized carbons (Fsp3) is 0.255. The predicted molar refractivity (Wildman–Crippen MR) is 210 cm³/mol. The minimum Gasteiger partial charge on any atom is -0.360 e. The van der Waals surface area contributed by atoms with Gasteiger partial charge in [-0.25, -0.2) is 0 Å². The van der Waals surface area contributed by atoms with Crippen LogP contribution in [0.15, 0.2) is 132 Å². The fourth-order valence-electron chi connectivity index (χ4n) is 7.74. The lowest BCUT2D eigenvalue weighted by molar-refractivity contribution is 0.437. The van der Waals surface area contributed by atoms with Gasteiger partial charge in [-0.05, 0) is 114 Å². The number of rotatable bonds is 8. The highest BCUT2D eigenvalue weighted by Crippen LogP contribution is 2.36. The van der Waals surface area contributed by atoms with Crippen LogP contribution in [0.2, 0.25) is 0 Å². The highest BCUT2D eigenvalue weighted by molar-refractivity contribution is 6.06. The number of nitrogens with zero attached hydrogens (tertiary/aromatic N) is 2. The molecule has 0 fully saturated rings. The second-order valence-electron chi connectivity index (χ2n) is 14.4. The van der Waals surface area contributed by atoms with Gasteiger partial charge in [0.25, 0.3) is 0 Å². The SMILES string of the molecule is CC(=Nc1cc(C2(C)C=c3ccc(CN(c4ccccc4)C4C=CCCC4C)cc3=CC2)ccc1C)c1ccccc1-c1ccccc1C. The van der Waals surface area contributed by atoms with Crippen molar-refractivity contribution in [3.8, 4) is 11.1 Å². The van der Waals surface area contributed by atoms with Gasteiger partial charge >= 0.3 is 0 Å². The maximum atomic E-state index is 5.27. The van der Waals surface area contributed by atoms with Gasteiger partial charge < -0.3 is 4.90 Å². The predicted octanol–water partition coefficient (Wildman–Crippen LogP) is 10.4. The van der Waals surface area contributed by atoms with Gasteiger partial charge in [-0.15, -0.1) is 0 Å². The van der Waals surface area contributed by atoms with Crippen LogP contribution in [0, 0.1) is 19.8 Å². The van der Waals surface area contributed by atoms with Crippen molar-refractivity contribution in [2.75, 3.05) is 4.90 Å². The van der Waals surface area contributed by atoms with Crippen molar-refractivity contribution >= 4 is 29.2 Å². The summed E-state index contributed by atoms with van der Waals surface area (Å²) in [6.07, 6.45) is 13.1. The first-order chi connectivity index (χ1) is 23.8. The monoisotopic (exact) mass is 640 g/mol. The molecule has 0 bridgehead atoms. The van der Waals surface area contributed by atoms with Crippen molar-refractivity contribution in [2.24, 2.45) is 10.9 Å². The molecule has 0 N–H and O–H groups in total. The number of hydrogen-bond donors (Lipinski definition) is 0. The van der Waals surface area contributed by atoms with Gasteiger partial charge in [0.2, 0.25) is 0 Å². The number of hydrogen-bond acceptors (Lipinski definition) is 2. The first-order valence-electron chi connectivity index (χ1n) is 17.9. The molecule has 2 aliphatic carbocycles. The lowest BCUT2D eigenvalue weighted by atomic mass is 9.76. The van der Waals surface area contributed by atoms with Gasteiger partial charge in [-0.3, -0.25) is 4.99 Å². The molecule has 49 heavy (non-hydrogen) atoms. The molecule has 5 aromatic rings. The van der Waals surface area contributed by atoms with Gasteiger partial charge in [0, 0.05) is 28.9 Å². The molecule has 3 atom stereocenters. The van der Waals surface area contributed by atoms with Crippen molar-refractivity contribution in [1.82, 2.24) is 0 Å². The Kier molecular flexibility index (Phi) is 9.23. The van der Waals surface area contributed by atoms with E-state index >= 15 is 0 Å². The second kappa shape index (κ2) is 13.9. The molecule has 0 amide bonds. The van der Waals surface area contributed by atoms with Crippen LogP contribution >= 0.6 is 0 Å². The van der Waals surface area contributed by atoms with Crippen LogP contribution in [0.3, 0.4) is 0 Å². The Morgan fingerprint density at radius 3 is 2.35 bits per heavy atom. The Bertz CT molecular complexity index is 2150. The van der Waals surface area contributed by atoms with Gasteiger partial charge in [-0.2, -0.15) is 0 Å². The van der Waals surface area contributed by atoms with E-state index in [-0.39, 0.29) is 5.41 Å². The molecule has 7 rings (SSSR count). The van der Waals surface area contributed by atoms with E-state index in [0.29, 0.717) is 12.0 Å². The van der Waals surface area contributed by atoms with Crippen molar-refractivity contribution in [3.63, 3.8) is 0 Å². The summed E-state index contributed by atoms with van der Waals surface area (Å²) in [7, 11) is 0. The molecule has 2 heteroatoms. The number of aliphatic imine (C=N–C) groups is 1. The summed E-state index contributed by atoms with van der Waals surface area (Å²) in [4.78, 5) is 7.86. The van der Waals surface area contributed by atoms with E-state index < -0.39 is 0 Å². The summed E-state index contributed by atoms with van der Waals surface area (Å²) < 4.78 is 0. The van der Waals surface area contributed by atoms with Crippen LogP contribution in [-0.2, 0) is 12.0 Å². The standard InChI is InChI=1S/C47H48N2/c1-33-15-9-11-19-42(33)44-21-13-12-20-43(44)36(4)48-45-30-40(26-23-34(45)2)47(5)28-27-38-29-37(24-25-39(38)31-47)32-49(41-17-7-6-8-18-41)46-22-14-10-16-35(46)3/h6-9,11-15,17-27,29-31,35,46H,10,16,28,32H2,1-5H3. The third-order valence-electron chi connectivity index (χ3n) is 10.8. The first-order valence-corrected chi connectivity index (χ1v) is 17.9. The number of benzene rings is 5. The molecule has 0 saturated heterocycles. The van der Waals surface area contributed by atoms with Gasteiger partial charge in [0.1, 0.15) is 0 Å². The molecule has 3 unspecified atom stereocenters. The van der Waals surface area contributed by atoms with E-state index in [4.69, 9.17) is 4.99 Å². The number of aryl methyl sites for hydroxylation is 2. The molecule has 0 heterocycles. The van der Waals surface area contributed by atoms with E-state index in [1.165, 1.54) is 67.9 Å². The summed E-state index contributed by atoms with van der Waals surface area (Å²) in [5.74, 6) is 0.624. The summed E-state index contributed by atoms with van der Waals surface area (Å²) >= 11 is 0. The molecule has 0 aliphatic heterocycles. The average molecular weight is 641 g/mol. The van der Waals surface area contributed by atoms with Gasteiger partial charge in [-0.1, -0.05) is 129 Å². The van der Waals surface area contributed by atoms with E-state index in [0.717, 1.165) is 24.4 Å². The summed E-state index contributed by atoms with van der Waals surface area (Å²) in [5, 5.41) is 2.65. The van der Waals surface area contributed by atoms with E-state index in [1.807, 2.05) is 0 Å². The lowest BCUT2D eigenvalue weighted by Crippen LogP contribution is -2.40. The fourth-order valence-corrected chi connectivity index (χ4v) is 7.74. The normalized spacial score (nSPS) is 20.2. The summed E-state index contributed by atoms with van der Waals surface area (Å²) in [6, 6.07) is 42.5. The van der Waals surface area contributed by atoms with Crippen LogP contribution < -0.4 is 15.3 Å². The molecule has 2 aliphatic rings. The third kappa shape index (κ3) is 6.83. The first kappa shape index (κ1) is 32.6. The van der Waals surface area contributed by atoms with Crippen LogP contribution in [0.1, 0.15) is 67.9 Å². The Balaban J connectivity index is 1.18. The zero-order chi connectivity index (χ0) is 34.0. The Morgan fingerprint density at radius 2 is 1.55 bits per heavy atom. The summed E-state index contributed by atoms with van der Waals surface area (Å²) in [5.41, 5.74) is 12.0. The van der Waals surface area contributed by atoms with E-state index in [1.54, 1.807) is 0 Å². The van der Waals surface area contributed by atoms with Gasteiger partial charge in [0.15, 0.2) is 0 Å². The maximum Gasteiger partial charge on any atom is 0.0665 e. The second-order valence-corrected chi connectivity index (χ2v) is 14.4. The smallest absolute Gasteiger partial charge is 0.0665 e. The Morgan fingerprint density at radius 1 is 0.796 bits per heavy atom. The topological polar surface area (TPSA) is 15.6 Å². The lowest BCUT2D eigenvalue weighted by Gasteiger charge is -2.37. The molecule has 5 aromatic carbocycles. The third-order valence-corrected chi connectivity index (χ3v) is 10.8. The highest BCUT2D eigenvalue weighted by Gasteiger charge is 2.27. The molecule has 0 spiro atoms. The van der Waals surface area contributed by atoms with Crippen LogP contribution in [0.5, 0.6) is 0 Å². The largest absolute Gasteiger partial charge is 0.360 e. The molecule has 2 nitrogen and oxygen atoms in total. The van der Waals surface area contributed by atoms with Crippen molar-refractivity contribution in [2.45, 2.75) is 71.9 Å². The Hall–Kier alpha value is -4.95. The van der Waals surface area contributed by atoms with Gasteiger partial charge in [0.05, 0.1) is 11.7 Å². The van der Waals surface area contributed by atoms with E-state index in [9.17, 15) is 0 Å². The molecular formula is C47H48N2. The van der Waals surface area contributed by atoms with Crippen molar-refractivity contribution in [3.05, 3.63) is 166 Å². The zero-order valence-corrected chi connectivity index (χ0v) is 29.7. The van der Waals surface area contributed by atoms with Crippen molar-refractivity contribution < 1.29 is 0 Å². The van der Waals surface area contributed by atoms with Crippen LogP contribution in [0.4, 0.5) is 11.4 Å². The van der Waals surface area contributed by atoms with Crippen LogP contribution in [0.25, 0.3) is 23.3 Å². The number of para-hydroxylation sites is 1. The summed E-state index contributed by atoms with van der Waals surface area (Å²) in [6.45, 7) is 12.2. The highest BCUT2D eigenvalue weighted by atomic mass is 15.2. The molecule has 0 aromatic heterocycles. The number of fused-ring (bicyclic) bond motifs is 1. The van der Waals surface area contributed by atoms with Crippen LogP contribution in [-0.4, -0.2) is 11.8 Å². The molecule has 0 saturated carbocycles. The van der Waals surface area contributed by atoms with Crippen molar-refractivity contribution in [1.29, 1.82) is 0 Å². The quantitative estimate of drug-likeness (QED) is 0.122. The minimum atomic E-state index is -0.113. The molecular weight excluding hydrogens is 593 g/mol. The molecule has 0 radical (unpaired) electrons.